The van der Waals surface area contributed by atoms with Gasteiger partial charge in [-0.25, -0.2) is 9.78 Å². The number of nitrogen functional groups attached to an aromatic ring is 1. The predicted octanol–water partition coefficient (Wildman–Crippen LogP) is 1.29. The Hall–Kier alpha value is -1.82. The number of hydrogen-bond donors (Lipinski definition) is 2. The van der Waals surface area contributed by atoms with Crippen molar-refractivity contribution in [2.45, 2.75) is 19.4 Å². The zero-order valence-corrected chi connectivity index (χ0v) is 11.2. The lowest BCUT2D eigenvalue weighted by Crippen LogP contribution is -2.36. The molecule has 1 fully saturated rings. The molecule has 1 aromatic heterocycles. The van der Waals surface area contributed by atoms with E-state index in [-0.39, 0.29) is 6.04 Å². The molecule has 6 nitrogen and oxygen atoms in total. The van der Waals surface area contributed by atoms with E-state index < -0.39 is 5.97 Å². The van der Waals surface area contributed by atoms with E-state index in [1.165, 1.54) is 13.3 Å². The van der Waals surface area contributed by atoms with Crippen LogP contribution in [0.25, 0.3) is 0 Å². The normalized spacial score (nSPS) is 22.8. The van der Waals surface area contributed by atoms with Gasteiger partial charge in [-0.15, -0.1) is 0 Å². The molecule has 1 aliphatic rings. The van der Waals surface area contributed by atoms with Crippen molar-refractivity contribution in [1.29, 1.82) is 0 Å². The van der Waals surface area contributed by atoms with Gasteiger partial charge in [0.15, 0.2) is 0 Å². The molecule has 19 heavy (non-hydrogen) atoms. The Kier molecular flexibility index (Phi) is 4.21. The summed E-state index contributed by atoms with van der Waals surface area (Å²) in [4.78, 5) is 15.9. The molecule has 104 valence electrons. The fourth-order valence-corrected chi connectivity index (χ4v) is 2.13. The van der Waals surface area contributed by atoms with Crippen molar-refractivity contribution < 1.29 is 14.3 Å². The van der Waals surface area contributed by atoms with Crippen LogP contribution in [0.1, 0.15) is 23.7 Å². The first kappa shape index (κ1) is 13.6. The van der Waals surface area contributed by atoms with E-state index in [0.717, 1.165) is 6.42 Å². The van der Waals surface area contributed by atoms with Crippen molar-refractivity contribution >= 4 is 17.5 Å². The van der Waals surface area contributed by atoms with Crippen LogP contribution in [0.15, 0.2) is 12.3 Å². The van der Waals surface area contributed by atoms with Crippen LogP contribution >= 0.6 is 0 Å². The predicted molar refractivity (Wildman–Crippen MR) is 72.0 cm³/mol. The van der Waals surface area contributed by atoms with E-state index in [1.54, 1.807) is 6.07 Å². The third kappa shape index (κ3) is 3.14. The number of anilines is 2. The van der Waals surface area contributed by atoms with Crippen molar-refractivity contribution in [3.05, 3.63) is 17.8 Å². The maximum Gasteiger partial charge on any atom is 0.341 e. The summed E-state index contributed by atoms with van der Waals surface area (Å²) in [5.41, 5.74) is 6.46. The van der Waals surface area contributed by atoms with Crippen molar-refractivity contribution in [2.24, 2.45) is 5.92 Å². The second-order valence-corrected chi connectivity index (χ2v) is 4.75. The minimum absolute atomic E-state index is 0.230. The molecule has 0 aromatic carbocycles. The number of carbonyl (C=O) groups excluding carboxylic acids is 1. The molecule has 0 bridgehead atoms. The summed E-state index contributed by atoms with van der Waals surface area (Å²) in [6.45, 7) is 3.52. The number of rotatable bonds is 3. The maximum absolute atomic E-state index is 11.7. The van der Waals surface area contributed by atoms with Gasteiger partial charge in [0.25, 0.3) is 0 Å². The number of nitrogens with one attached hydrogen (secondary N) is 1. The highest BCUT2D eigenvalue weighted by atomic mass is 16.5. The third-order valence-electron chi connectivity index (χ3n) is 3.28. The van der Waals surface area contributed by atoms with E-state index in [0.29, 0.717) is 36.2 Å². The molecule has 3 N–H and O–H groups in total. The van der Waals surface area contributed by atoms with Gasteiger partial charge in [-0.05, 0) is 18.4 Å². The lowest BCUT2D eigenvalue weighted by molar-refractivity contribution is 0.0535. The number of hydrogen-bond acceptors (Lipinski definition) is 6. The van der Waals surface area contributed by atoms with Gasteiger partial charge in [-0.3, -0.25) is 0 Å². The van der Waals surface area contributed by atoms with Crippen LogP contribution in [0.4, 0.5) is 11.5 Å². The van der Waals surface area contributed by atoms with Crippen LogP contribution in [0.5, 0.6) is 0 Å². The number of nitrogens with zero attached hydrogens (tertiary/aromatic N) is 1. The van der Waals surface area contributed by atoms with Gasteiger partial charge < -0.3 is 20.5 Å². The molecule has 6 heteroatoms. The van der Waals surface area contributed by atoms with E-state index in [4.69, 9.17) is 15.2 Å². The SMILES string of the molecule is COC(=O)c1cc(N)cnc1NC1CCOCC1C. The molecule has 0 saturated carbocycles. The largest absolute Gasteiger partial charge is 0.465 e. The number of nitrogens with two attached hydrogens (primary N) is 1. The van der Waals surface area contributed by atoms with E-state index in [2.05, 4.69) is 17.2 Å². The standard InChI is InChI=1S/C13H19N3O3/c1-8-7-19-4-3-11(8)16-12-10(13(17)18-2)5-9(14)6-15-12/h5-6,8,11H,3-4,7,14H2,1-2H3,(H,15,16). The lowest BCUT2D eigenvalue weighted by atomic mass is 9.97. The number of methoxy groups -OCH3 is 1. The topological polar surface area (TPSA) is 86.5 Å². The quantitative estimate of drug-likeness (QED) is 0.801. The highest BCUT2D eigenvalue weighted by molar-refractivity contribution is 5.95. The van der Waals surface area contributed by atoms with Crippen molar-refractivity contribution in [3.63, 3.8) is 0 Å². The first-order chi connectivity index (χ1) is 9.11. The monoisotopic (exact) mass is 265 g/mol. The molecule has 2 atom stereocenters. The van der Waals surface area contributed by atoms with Gasteiger partial charge in [-0.2, -0.15) is 0 Å². The summed E-state index contributed by atoms with van der Waals surface area (Å²) in [6.07, 6.45) is 2.41. The van der Waals surface area contributed by atoms with Crippen molar-refractivity contribution in [1.82, 2.24) is 4.98 Å². The molecule has 0 amide bonds. The Labute approximate surface area is 112 Å². The summed E-state index contributed by atoms with van der Waals surface area (Å²) in [5.74, 6) is 0.431. The third-order valence-corrected chi connectivity index (χ3v) is 3.28. The zero-order chi connectivity index (χ0) is 13.8. The highest BCUT2D eigenvalue weighted by Crippen LogP contribution is 2.22. The van der Waals surface area contributed by atoms with Crippen LogP contribution in [-0.4, -0.2) is 37.3 Å². The molecule has 2 rings (SSSR count). The summed E-state index contributed by atoms with van der Waals surface area (Å²) in [7, 11) is 1.34. The average Bonchev–Trinajstić information content (AvgIpc) is 2.42. The van der Waals surface area contributed by atoms with E-state index in [9.17, 15) is 4.79 Å². The summed E-state index contributed by atoms with van der Waals surface area (Å²) >= 11 is 0. The molecule has 0 spiro atoms. The smallest absolute Gasteiger partial charge is 0.341 e. The van der Waals surface area contributed by atoms with Gasteiger partial charge in [0.1, 0.15) is 11.4 Å². The molecule has 1 aromatic rings. The molecule has 2 unspecified atom stereocenters. The maximum atomic E-state index is 11.7. The van der Waals surface area contributed by atoms with Crippen LogP contribution in [0.3, 0.4) is 0 Å². The number of esters is 1. The van der Waals surface area contributed by atoms with Crippen LogP contribution < -0.4 is 11.1 Å². The molecule has 0 aliphatic carbocycles. The second-order valence-electron chi connectivity index (χ2n) is 4.75. The van der Waals surface area contributed by atoms with Crippen LogP contribution in [0, 0.1) is 5.92 Å². The van der Waals surface area contributed by atoms with E-state index >= 15 is 0 Å². The highest BCUT2D eigenvalue weighted by Gasteiger charge is 2.24. The van der Waals surface area contributed by atoms with Gasteiger partial charge in [0, 0.05) is 12.6 Å². The van der Waals surface area contributed by atoms with Crippen molar-refractivity contribution in [3.8, 4) is 0 Å². The second kappa shape index (κ2) is 5.88. The zero-order valence-electron chi connectivity index (χ0n) is 11.2. The van der Waals surface area contributed by atoms with Crippen LogP contribution in [-0.2, 0) is 9.47 Å². The Balaban J connectivity index is 2.21. The Morgan fingerprint density at radius 2 is 2.42 bits per heavy atom. The minimum atomic E-state index is -0.443. The van der Waals surface area contributed by atoms with Gasteiger partial charge in [0.05, 0.1) is 25.6 Å². The summed E-state index contributed by atoms with van der Waals surface area (Å²) < 4.78 is 10.1. The Bertz CT molecular complexity index is 464. The average molecular weight is 265 g/mol. The van der Waals surface area contributed by atoms with Crippen LogP contribution in [0.2, 0.25) is 0 Å². The molecule has 2 heterocycles. The fourth-order valence-electron chi connectivity index (χ4n) is 2.13. The number of pyridine rings is 1. The van der Waals surface area contributed by atoms with Gasteiger partial charge >= 0.3 is 5.97 Å². The number of carbonyl (C=O) groups is 1. The Morgan fingerprint density at radius 3 is 3.11 bits per heavy atom. The molecule has 0 radical (unpaired) electrons. The summed E-state index contributed by atoms with van der Waals surface area (Å²) in [6, 6.07) is 1.80. The summed E-state index contributed by atoms with van der Waals surface area (Å²) in [5, 5.41) is 3.29. The number of ether oxygens (including phenoxy) is 2. The minimum Gasteiger partial charge on any atom is -0.465 e. The number of aromatic nitrogens is 1. The molecule has 1 saturated heterocycles. The van der Waals surface area contributed by atoms with Gasteiger partial charge in [0.2, 0.25) is 0 Å². The van der Waals surface area contributed by atoms with Gasteiger partial charge in [-0.1, -0.05) is 6.92 Å². The fraction of sp³-hybridized carbons (Fsp3) is 0.538. The molecule has 1 aliphatic heterocycles. The first-order valence-electron chi connectivity index (χ1n) is 6.30. The molecular formula is C13H19N3O3. The van der Waals surface area contributed by atoms with Crippen molar-refractivity contribution in [2.75, 3.05) is 31.4 Å². The molecular weight excluding hydrogens is 246 g/mol. The lowest BCUT2D eigenvalue weighted by Gasteiger charge is -2.30. The first-order valence-corrected chi connectivity index (χ1v) is 6.30. The van der Waals surface area contributed by atoms with E-state index in [1.807, 2.05) is 0 Å². The Morgan fingerprint density at radius 1 is 1.63 bits per heavy atom.